The Kier molecular flexibility index (Phi) is 5.01. The summed E-state index contributed by atoms with van der Waals surface area (Å²) in [6, 6.07) is 15.1. The molecule has 1 N–H and O–H groups in total. The van der Waals surface area contributed by atoms with Gasteiger partial charge in [-0.05, 0) is 49.2 Å². The number of nitrogens with zero attached hydrogens (tertiary/aromatic N) is 1. The number of aryl methyl sites for hydroxylation is 2. The van der Waals surface area contributed by atoms with Crippen LogP contribution in [0.2, 0.25) is 0 Å². The van der Waals surface area contributed by atoms with E-state index in [4.69, 9.17) is 4.42 Å². The molecular weight excluding hydrogens is 352 g/mol. The first kappa shape index (κ1) is 18.4. The average Bonchev–Trinajstić information content (AvgIpc) is 2.70. The number of nitrogens with one attached hydrogen (secondary N) is 1. The molecule has 0 saturated carbocycles. The molecule has 1 aliphatic heterocycles. The zero-order valence-electron chi connectivity index (χ0n) is 16.3. The van der Waals surface area contributed by atoms with Crippen molar-refractivity contribution in [3.8, 4) is 0 Å². The van der Waals surface area contributed by atoms with Crippen molar-refractivity contribution >= 4 is 16.9 Å². The number of benzene rings is 2. The predicted molar refractivity (Wildman–Crippen MR) is 109 cm³/mol. The number of fused-ring (bicyclic) bond motifs is 1. The Morgan fingerprint density at radius 2 is 1.71 bits per heavy atom. The normalized spacial score (nSPS) is 15.1. The van der Waals surface area contributed by atoms with Crippen molar-refractivity contribution in [2.24, 2.45) is 0 Å². The lowest BCUT2D eigenvalue weighted by Crippen LogP contribution is -3.13. The van der Waals surface area contributed by atoms with Crippen LogP contribution in [0, 0.1) is 13.8 Å². The van der Waals surface area contributed by atoms with Gasteiger partial charge in [-0.1, -0.05) is 18.2 Å². The van der Waals surface area contributed by atoms with Gasteiger partial charge < -0.3 is 14.2 Å². The van der Waals surface area contributed by atoms with Crippen LogP contribution in [0.1, 0.15) is 27.0 Å². The molecule has 0 atom stereocenters. The van der Waals surface area contributed by atoms with Crippen molar-refractivity contribution in [3.63, 3.8) is 0 Å². The maximum atomic E-state index is 12.6. The zero-order chi connectivity index (χ0) is 19.7. The van der Waals surface area contributed by atoms with Gasteiger partial charge in [0.1, 0.15) is 12.1 Å². The Hall–Kier alpha value is -2.92. The lowest BCUT2D eigenvalue weighted by Gasteiger charge is -2.32. The molecule has 1 aliphatic rings. The first-order valence-corrected chi connectivity index (χ1v) is 9.73. The molecule has 0 aliphatic carbocycles. The van der Waals surface area contributed by atoms with Crippen molar-refractivity contribution in [1.82, 2.24) is 4.90 Å². The standard InChI is InChI=1S/C23H24N2O3/c1-16-12-20-19(14-22(26)28-21(20)13-17(16)2)15-24-8-10-25(11-9-24)23(27)18-6-4-3-5-7-18/h3-7,12-14H,8-11,15H2,1-2H3/p+1. The van der Waals surface area contributed by atoms with E-state index in [0.29, 0.717) is 5.58 Å². The molecule has 28 heavy (non-hydrogen) atoms. The maximum absolute atomic E-state index is 12.6. The number of rotatable bonds is 3. The molecule has 144 valence electrons. The van der Waals surface area contributed by atoms with Gasteiger partial charge in [0.25, 0.3) is 5.91 Å². The number of carbonyl (C=O) groups excluding carboxylic acids is 1. The lowest BCUT2D eigenvalue weighted by atomic mass is 10.0. The third-order valence-corrected chi connectivity index (χ3v) is 5.66. The summed E-state index contributed by atoms with van der Waals surface area (Å²) in [6.45, 7) is 8.04. The molecule has 3 aromatic rings. The largest absolute Gasteiger partial charge is 0.423 e. The van der Waals surface area contributed by atoms with E-state index in [1.807, 2.05) is 48.2 Å². The summed E-state index contributed by atoms with van der Waals surface area (Å²) < 4.78 is 5.41. The van der Waals surface area contributed by atoms with Gasteiger partial charge in [0, 0.05) is 22.6 Å². The van der Waals surface area contributed by atoms with Gasteiger partial charge in [-0.15, -0.1) is 0 Å². The minimum absolute atomic E-state index is 0.0940. The minimum Gasteiger partial charge on any atom is -0.423 e. The van der Waals surface area contributed by atoms with Crippen LogP contribution in [0.15, 0.2) is 57.7 Å². The number of amides is 1. The molecule has 1 saturated heterocycles. The first-order valence-electron chi connectivity index (χ1n) is 9.73. The highest BCUT2D eigenvalue weighted by molar-refractivity contribution is 5.94. The Morgan fingerprint density at radius 3 is 2.43 bits per heavy atom. The van der Waals surface area contributed by atoms with Gasteiger partial charge in [0.15, 0.2) is 0 Å². The first-order chi connectivity index (χ1) is 13.5. The third-order valence-electron chi connectivity index (χ3n) is 5.66. The van der Waals surface area contributed by atoms with E-state index in [0.717, 1.165) is 54.8 Å². The van der Waals surface area contributed by atoms with Crippen LogP contribution in [0.5, 0.6) is 0 Å². The van der Waals surface area contributed by atoms with Crippen molar-refractivity contribution in [3.05, 3.63) is 81.2 Å². The van der Waals surface area contributed by atoms with Crippen LogP contribution < -0.4 is 10.5 Å². The molecular formula is C23H25N2O3+. The van der Waals surface area contributed by atoms with Gasteiger partial charge in [-0.2, -0.15) is 0 Å². The fraction of sp³-hybridized carbons (Fsp3) is 0.304. The van der Waals surface area contributed by atoms with Gasteiger partial charge >= 0.3 is 5.63 Å². The third kappa shape index (κ3) is 3.71. The lowest BCUT2D eigenvalue weighted by molar-refractivity contribution is -0.917. The summed E-state index contributed by atoms with van der Waals surface area (Å²) in [5, 5.41) is 1.01. The molecule has 0 bridgehead atoms. The van der Waals surface area contributed by atoms with Crippen LogP contribution >= 0.6 is 0 Å². The molecule has 0 unspecified atom stereocenters. The van der Waals surface area contributed by atoms with Gasteiger partial charge in [0.05, 0.1) is 26.2 Å². The minimum atomic E-state index is -0.303. The zero-order valence-corrected chi connectivity index (χ0v) is 16.3. The molecule has 5 nitrogen and oxygen atoms in total. The van der Waals surface area contributed by atoms with Gasteiger partial charge in [-0.3, -0.25) is 4.79 Å². The van der Waals surface area contributed by atoms with Crippen molar-refractivity contribution in [1.29, 1.82) is 0 Å². The molecule has 5 heteroatoms. The number of piperazine rings is 1. The SMILES string of the molecule is Cc1cc2oc(=O)cc(C[NH+]3CCN(C(=O)c4ccccc4)CC3)c2cc1C. The summed E-state index contributed by atoms with van der Waals surface area (Å²) in [5.74, 6) is 0.0940. The monoisotopic (exact) mass is 377 g/mol. The van der Waals surface area contributed by atoms with Crippen molar-refractivity contribution in [2.45, 2.75) is 20.4 Å². The molecule has 1 fully saturated rings. The second-order valence-corrected chi connectivity index (χ2v) is 7.61. The number of carbonyl (C=O) groups is 1. The fourth-order valence-electron chi connectivity index (χ4n) is 3.86. The summed E-state index contributed by atoms with van der Waals surface area (Å²) in [6.07, 6.45) is 0. The van der Waals surface area contributed by atoms with Crippen LogP contribution in [-0.2, 0) is 6.54 Å². The molecule has 0 spiro atoms. The Bertz CT molecular complexity index is 1060. The summed E-state index contributed by atoms with van der Waals surface area (Å²) in [5.41, 5.74) is 4.42. The van der Waals surface area contributed by atoms with Crippen LogP contribution in [0.3, 0.4) is 0 Å². The van der Waals surface area contributed by atoms with Crippen LogP contribution in [0.25, 0.3) is 11.0 Å². The fourth-order valence-corrected chi connectivity index (χ4v) is 3.86. The Balaban J connectivity index is 1.49. The smallest absolute Gasteiger partial charge is 0.336 e. The predicted octanol–water partition coefficient (Wildman–Crippen LogP) is 1.95. The number of quaternary nitrogens is 1. The molecule has 4 rings (SSSR count). The Labute approximate surface area is 164 Å². The maximum Gasteiger partial charge on any atom is 0.336 e. The van der Waals surface area contributed by atoms with E-state index in [1.54, 1.807) is 6.07 Å². The number of hydrogen-bond acceptors (Lipinski definition) is 3. The summed E-state index contributed by atoms with van der Waals surface area (Å²) >= 11 is 0. The second kappa shape index (κ2) is 7.60. The highest BCUT2D eigenvalue weighted by Gasteiger charge is 2.25. The summed E-state index contributed by atoms with van der Waals surface area (Å²) in [4.78, 5) is 27.9. The molecule has 1 amide bonds. The Morgan fingerprint density at radius 1 is 1.04 bits per heavy atom. The van der Waals surface area contributed by atoms with Gasteiger partial charge in [-0.25, -0.2) is 4.79 Å². The number of hydrogen-bond donors (Lipinski definition) is 1. The molecule has 2 heterocycles. The van der Waals surface area contributed by atoms with Crippen molar-refractivity contribution < 1.29 is 14.1 Å². The van der Waals surface area contributed by atoms with E-state index in [9.17, 15) is 9.59 Å². The molecule has 0 radical (unpaired) electrons. The average molecular weight is 377 g/mol. The summed E-state index contributed by atoms with van der Waals surface area (Å²) in [7, 11) is 0. The topological polar surface area (TPSA) is 55.0 Å². The van der Waals surface area contributed by atoms with E-state index in [1.165, 1.54) is 10.5 Å². The highest BCUT2D eigenvalue weighted by Crippen LogP contribution is 2.21. The molecule has 1 aromatic heterocycles. The van der Waals surface area contributed by atoms with E-state index < -0.39 is 0 Å². The molecule has 2 aromatic carbocycles. The van der Waals surface area contributed by atoms with E-state index >= 15 is 0 Å². The second-order valence-electron chi connectivity index (χ2n) is 7.61. The van der Waals surface area contributed by atoms with Gasteiger partial charge in [0.2, 0.25) is 0 Å². The quantitative estimate of drug-likeness (QED) is 0.710. The highest BCUT2D eigenvalue weighted by atomic mass is 16.4. The van der Waals surface area contributed by atoms with E-state index in [2.05, 4.69) is 13.0 Å². The van der Waals surface area contributed by atoms with Crippen LogP contribution in [0.4, 0.5) is 0 Å². The van der Waals surface area contributed by atoms with Crippen LogP contribution in [-0.4, -0.2) is 37.0 Å². The van der Waals surface area contributed by atoms with Crippen molar-refractivity contribution in [2.75, 3.05) is 26.2 Å². The van der Waals surface area contributed by atoms with E-state index in [-0.39, 0.29) is 11.5 Å².